The lowest BCUT2D eigenvalue weighted by atomic mass is 10.2. The molecule has 2 aromatic heterocycles. The van der Waals surface area contributed by atoms with Crippen molar-refractivity contribution in [3.8, 4) is 0 Å². The molecular formula is C16H15F2N3. The van der Waals surface area contributed by atoms with Crippen molar-refractivity contribution in [1.29, 1.82) is 0 Å². The number of pyridine rings is 1. The van der Waals surface area contributed by atoms with Crippen molar-refractivity contribution in [1.82, 2.24) is 14.9 Å². The van der Waals surface area contributed by atoms with Crippen molar-refractivity contribution in [3.63, 3.8) is 0 Å². The van der Waals surface area contributed by atoms with E-state index < -0.39 is 11.6 Å². The molecule has 0 unspecified atom stereocenters. The molecule has 0 aliphatic carbocycles. The van der Waals surface area contributed by atoms with Crippen molar-refractivity contribution >= 4 is 11.0 Å². The average Bonchev–Trinajstić information content (AvgIpc) is 2.83. The molecule has 3 rings (SSSR count). The van der Waals surface area contributed by atoms with Gasteiger partial charge in [0.05, 0.1) is 6.54 Å². The summed E-state index contributed by atoms with van der Waals surface area (Å²) in [6.45, 7) is 0.946. The molecule has 3 nitrogen and oxygen atoms in total. The van der Waals surface area contributed by atoms with Crippen LogP contribution >= 0.6 is 0 Å². The van der Waals surface area contributed by atoms with Gasteiger partial charge in [-0.25, -0.2) is 13.8 Å². The fourth-order valence-corrected chi connectivity index (χ4v) is 2.50. The van der Waals surface area contributed by atoms with E-state index in [4.69, 9.17) is 0 Å². The minimum absolute atomic E-state index is 0.251. The van der Waals surface area contributed by atoms with Crippen molar-refractivity contribution in [2.24, 2.45) is 0 Å². The third kappa shape index (κ3) is 2.52. The van der Waals surface area contributed by atoms with Gasteiger partial charge in [0.25, 0.3) is 0 Å². The van der Waals surface area contributed by atoms with E-state index in [1.807, 2.05) is 29.9 Å². The molecular weight excluding hydrogens is 272 g/mol. The second-order valence-corrected chi connectivity index (χ2v) is 4.90. The summed E-state index contributed by atoms with van der Waals surface area (Å²) in [5.41, 5.74) is 2.16. The highest BCUT2D eigenvalue weighted by Crippen LogP contribution is 2.21. The third-order valence-corrected chi connectivity index (χ3v) is 3.46. The molecule has 21 heavy (non-hydrogen) atoms. The minimum atomic E-state index is -0.827. The first-order valence-electron chi connectivity index (χ1n) is 6.71. The number of halogens is 2. The SMILES string of the molecule is CNCc1cn(Cc2cccc(F)c2F)c2ncccc12. The monoisotopic (exact) mass is 287 g/mol. The van der Waals surface area contributed by atoms with E-state index in [9.17, 15) is 8.78 Å². The predicted octanol–water partition coefficient (Wildman–Crippen LogP) is 3.08. The Morgan fingerprint density at radius 2 is 2.00 bits per heavy atom. The molecule has 0 fully saturated rings. The van der Waals surface area contributed by atoms with Gasteiger partial charge in [-0.15, -0.1) is 0 Å². The second kappa shape index (κ2) is 5.61. The van der Waals surface area contributed by atoms with Crippen LogP contribution in [0.25, 0.3) is 11.0 Å². The predicted molar refractivity (Wildman–Crippen MR) is 78.0 cm³/mol. The third-order valence-electron chi connectivity index (χ3n) is 3.46. The van der Waals surface area contributed by atoms with Crippen molar-refractivity contribution in [2.75, 3.05) is 7.05 Å². The Kier molecular flexibility index (Phi) is 3.66. The van der Waals surface area contributed by atoms with Gasteiger partial charge >= 0.3 is 0 Å². The number of aromatic nitrogens is 2. The molecule has 0 bridgehead atoms. The zero-order valence-corrected chi connectivity index (χ0v) is 11.6. The summed E-state index contributed by atoms with van der Waals surface area (Å²) in [6.07, 6.45) is 3.63. The molecule has 3 aromatic rings. The summed E-state index contributed by atoms with van der Waals surface area (Å²) in [7, 11) is 1.87. The van der Waals surface area contributed by atoms with Crippen molar-refractivity contribution in [2.45, 2.75) is 13.1 Å². The molecule has 0 amide bonds. The first-order chi connectivity index (χ1) is 10.2. The van der Waals surface area contributed by atoms with E-state index >= 15 is 0 Å². The van der Waals surface area contributed by atoms with Crippen LogP contribution in [-0.4, -0.2) is 16.6 Å². The van der Waals surface area contributed by atoms with Crippen LogP contribution in [0.3, 0.4) is 0 Å². The van der Waals surface area contributed by atoms with Crippen LogP contribution in [0, 0.1) is 11.6 Å². The Morgan fingerprint density at radius 3 is 2.81 bits per heavy atom. The molecule has 0 aliphatic heterocycles. The topological polar surface area (TPSA) is 29.9 Å². The Labute approximate surface area is 121 Å². The van der Waals surface area contributed by atoms with Gasteiger partial charge < -0.3 is 9.88 Å². The lowest BCUT2D eigenvalue weighted by molar-refractivity contribution is 0.496. The van der Waals surface area contributed by atoms with Crippen LogP contribution in [0.2, 0.25) is 0 Å². The molecule has 0 saturated heterocycles. The lowest BCUT2D eigenvalue weighted by Gasteiger charge is -2.06. The Balaban J connectivity index is 2.06. The highest BCUT2D eigenvalue weighted by atomic mass is 19.2. The second-order valence-electron chi connectivity index (χ2n) is 4.90. The summed E-state index contributed by atoms with van der Waals surface area (Å²) >= 11 is 0. The minimum Gasteiger partial charge on any atom is -0.328 e. The summed E-state index contributed by atoms with van der Waals surface area (Å²) < 4.78 is 29.0. The molecule has 108 valence electrons. The van der Waals surface area contributed by atoms with Crippen molar-refractivity contribution in [3.05, 3.63) is 65.5 Å². The van der Waals surface area contributed by atoms with Crippen LogP contribution in [0.4, 0.5) is 8.78 Å². The highest BCUT2D eigenvalue weighted by molar-refractivity contribution is 5.80. The van der Waals surface area contributed by atoms with E-state index in [0.29, 0.717) is 12.1 Å². The van der Waals surface area contributed by atoms with Crippen LogP contribution in [0.15, 0.2) is 42.7 Å². The molecule has 1 N–H and O–H groups in total. The number of rotatable bonds is 4. The Bertz CT molecular complexity index is 780. The fraction of sp³-hybridized carbons (Fsp3) is 0.188. The van der Waals surface area contributed by atoms with Gasteiger partial charge in [-0.1, -0.05) is 12.1 Å². The zero-order chi connectivity index (χ0) is 14.8. The van der Waals surface area contributed by atoms with Gasteiger partial charge in [0, 0.05) is 29.9 Å². The first-order valence-corrected chi connectivity index (χ1v) is 6.71. The standard InChI is InChI=1S/C16H15F2N3/c1-19-8-12-10-21(16-13(12)5-3-7-20-16)9-11-4-2-6-14(17)15(11)18/h2-7,10,19H,8-9H2,1H3. The van der Waals surface area contributed by atoms with Crippen LogP contribution in [0.5, 0.6) is 0 Å². The maximum absolute atomic E-state index is 13.8. The average molecular weight is 287 g/mol. The first kappa shape index (κ1) is 13.7. The molecule has 0 radical (unpaired) electrons. The maximum atomic E-state index is 13.8. The zero-order valence-electron chi connectivity index (χ0n) is 11.6. The Hall–Kier alpha value is -2.27. The van der Waals surface area contributed by atoms with Gasteiger partial charge in [-0.05, 0) is 30.8 Å². The molecule has 5 heteroatoms. The fourth-order valence-electron chi connectivity index (χ4n) is 2.50. The number of nitrogens with one attached hydrogen (secondary N) is 1. The van der Waals surface area contributed by atoms with E-state index in [1.54, 1.807) is 12.3 Å². The normalized spacial score (nSPS) is 11.2. The van der Waals surface area contributed by atoms with E-state index in [2.05, 4.69) is 10.3 Å². The molecule has 2 heterocycles. The van der Waals surface area contributed by atoms with Gasteiger partial charge in [0.2, 0.25) is 0 Å². The van der Waals surface area contributed by atoms with Gasteiger partial charge in [0.15, 0.2) is 11.6 Å². The van der Waals surface area contributed by atoms with Crippen LogP contribution in [0.1, 0.15) is 11.1 Å². The quantitative estimate of drug-likeness (QED) is 0.799. The Morgan fingerprint density at radius 1 is 1.14 bits per heavy atom. The van der Waals surface area contributed by atoms with Crippen LogP contribution < -0.4 is 5.32 Å². The number of benzene rings is 1. The van der Waals surface area contributed by atoms with Gasteiger partial charge in [0.1, 0.15) is 5.65 Å². The lowest BCUT2D eigenvalue weighted by Crippen LogP contribution is -2.05. The summed E-state index contributed by atoms with van der Waals surface area (Å²) in [4.78, 5) is 4.35. The molecule has 1 aromatic carbocycles. The van der Waals surface area contributed by atoms with Crippen LogP contribution in [-0.2, 0) is 13.1 Å². The van der Waals surface area contributed by atoms with E-state index in [1.165, 1.54) is 6.07 Å². The number of nitrogens with zero attached hydrogens (tertiary/aromatic N) is 2. The van der Waals surface area contributed by atoms with E-state index in [-0.39, 0.29) is 6.54 Å². The van der Waals surface area contributed by atoms with Crippen molar-refractivity contribution < 1.29 is 8.78 Å². The summed E-state index contributed by atoms with van der Waals surface area (Å²) in [5, 5.41) is 4.12. The summed E-state index contributed by atoms with van der Waals surface area (Å²) in [6, 6.07) is 8.08. The number of hydrogen-bond donors (Lipinski definition) is 1. The maximum Gasteiger partial charge on any atom is 0.163 e. The molecule has 0 atom stereocenters. The number of fused-ring (bicyclic) bond motifs is 1. The van der Waals surface area contributed by atoms with E-state index in [0.717, 1.165) is 22.7 Å². The molecule has 0 spiro atoms. The van der Waals surface area contributed by atoms with Gasteiger partial charge in [-0.2, -0.15) is 0 Å². The van der Waals surface area contributed by atoms with Gasteiger partial charge in [-0.3, -0.25) is 0 Å². The molecule has 0 saturated carbocycles. The number of hydrogen-bond acceptors (Lipinski definition) is 2. The smallest absolute Gasteiger partial charge is 0.163 e. The largest absolute Gasteiger partial charge is 0.328 e. The molecule has 0 aliphatic rings. The summed E-state index contributed by atoms with van der Waals surface area (Å²) in [5.74, 6) is -1.63. The highest BCUT2D eigenvalue weighted by Gasteiger charge is 2.12.